The fourth-order valence-corrected chi connectivity index (χ4v) is 3.67. The van der Waals surface area contributed by atoms with Crippen molar-refractivity contribution < 1.29 is 23.1 Å². The molecule has 1 atom stereocenters. The number of primary sulfonamides is 1. The maximum atomic E-state index is 12.6. The Morgan fingerprint density at radius 3 is 2.52 bits per heavy atom. The summed E-state index contributed by atoms with van der Waals surface area (Å²) in [6, 6.07) is 2.88. The number of rotatable bonds is 3. The van der Waals surface area contributed by atoms with Crippen molar-refractivity contribution in [2.75, 3.05) is 13.1 Å². The SMILES string of the molecule is Cc1cc(C(=O)N2CCC[C@@H](C(=O)O)C2)cc(S(N)(=O)=O)c1C. The average Bonchev–Trinajstić information content (AvgIpc) is 2.48. The number of carbonyl (C=O) groups excluding carboxylic acids is 1. The van der Waals surface area contributed by atoms with Gasteiger partial charge in [-0.3, -0.25) is 9.59 Å². The zero-order valence-corrected chi connectivity index (χ0v) is 13.9. The van der Waals surface area contributed by atoms with Crippen LogP contribution in [0.3, 0.4) is 0 Å². The van der Waals surface area contributed by atoms with Crippen LogP contribution in [0.2, 0.25) is 0 Å². The highest BCUT2D eigenvalue weighted by atomic mass is 32.2. The molecule has 0 saturated carbocycles. The number of piperidine rings is 1. The van der Waals surface area contributed by atoms with Crippen molar-refractivity contribution >= 4 is 21.9 Å². The molecule has 0 aliphatic carbocycles. The number of aryl methyl sites for hydroxylation is 1. The number of hydrogen-bond donors (Lipinski definition) is 2. The standard InChI is InChI=1S/C15H20N2O5S/c1-9-6-12(7-13(10(9)2)23(16,21)22)14(18)17-5-3-4-11(8-17)15(19)20/h6-7,11H,3-5,8H2,1-2H3,(H,19,20)(H2,16,21,22)/t11-/m1/s1. The Kier molecular flexibility index (Phi) is 4.76. The summed E-state index contributed by atoms with van der Waals surface area (Å²) in [5, 5.41) is 14.3. The highest BCUT2D eigenvalue weighted by Gasteiger charge is 2.29. The zero-order valence-electron chi connectivity index (χ0n) is 13.1. The highest BCUT2D eigenvalue weighted by Crippen LogP contribution is 2.23. The first-order chi connectivity index (χ1) is 10.6. The summed E-state index contributed by atoms with van der Waals surface area (Å²) in [5.74, 6) is -1.88. The Labute approximate surface area is 135 Å². The first kappa shape index (κ1) is 17.4. The van der Waals surface area contributed by atoms with Gasteiger partial charge in [-0.25, -0.2) is 13.6 Å². The molecule has 3 N–H and O–H groups in total. The summed E-state index contributed by atoms with van der Waals surface area (Å²) in [5.41, 5.74) is 1.36. The number of nitrogens with zero attached hydrogens (tertiary/aromatic N) is 1. The number of carbonyl (C=O) groups is 2. The van der Waals surface area contributed by atoms with E-state index in [4.69, 9.17) is 10.2 Å². The summed E-state index contributed by atoms with van der Waals surface area (Å²) in [4.78, 5) is 25.1. The fraction of sp³-hybridized carbons (Fsp3) is 0.467. The lowest BCUT2D eigenvalue weighted by Crippen LogP contribution is -2.42. The normalized spacial score (nSPS) is 18.7. The van der Waals surface area contributed by atoms with E-state index in [1.807, 2.05) is 0 Å². The Morgan fingerprint density at radius 2 is 1.96 bits per heavy atom. The topological polar surface area (TPSA) is 118 Å². The molecule has 8 heteroatoms. The van der Waals surface area contributed by atoms with Crippen LogP contribution in [-0.2, 0) is 14.8 Å². The smallest absolute Gasteiger partial charge is 0.308 e. The van der Waals surface area contributed by atoms with E-state index in [9.17, 15) is 18.0 Å². The van der Waals surface area contributed by atoms with E-state index in [0.29, 0.717) is 30.5 Å². The zero-order chi connectivity index (χ0) is 17.4. The van der Waals surface area contributed by atoms with Gasteiger partial charge in [0.05, 0.1) is 10.8 Å². The van der Waals surface area contributed by atoms with E-state index in [0.717, 1.165) is 0 Å². The van der Waals surface area contributed by atoms with Gasteiger partial charge in [0.25, 0.3) is 5.91 Å². The van der Waals surface area contributed by atoms with Crippen LogP contribution in [-0.4, -0.2) is 43.4 Å². The van der Waals surface area contributed by atoms with Crippen LogP contribution in [0.15, 0.2) is 17.0 Å². The van der Waals surface area contributed by atoms with Crippen molar-refractivity contribution in [2.45, 2.75) is 31.6 Å². The molecule has 7 nitrogen and oxygen atoms in total. The van der Waals surface area contributed by atoms with Gasteiger partial charge in [-0.2, -0.15) is 0 Å². The Hall–Kier alpha value is -1.93. The maximum absolute atomic E-state index is 12.6. The average molecular weight is 340 g/mol. The molecule has 23 heavy (non-hydrogen) atoms. The molecule has 0 radical (unpaired) electrons. The van der Waals surface area contributed by atoms with Gasteiger partial charge < -0.3 is 10.0 Å². The number of benzene rings is 1. The van der Waals surface area contributed by atoms with Gasteiger partial charge in [-0.05, 0) is 49.9 Å². The quantitative estimate of drug-likeness (QED) is 0.847. The van der Waals surface area contributed by atoms with Crippen LogP contribution in [0.1, 0.15) is 34.3 Å². The molecule has 1 aromatic carbocycles. The van der Waals surface area contributed by atoms with Crippen LogP contribution in [0.4, 0.5) is 0 Å². The third-order valence-corrected chi connectivity index (χ3v) is 5.27. The van der Waals surface area contributed by atoms with E-state index in [1.165, 1.54) is 11.0 Å². The van der Waals surface area contributed by atoms with Crippen LogP contribution >= 0.6 is 0 Å². The molecule has 1 saturated heterocycles. The minimum Gasteiger partial charge on any atom is -0.481 e. The van der Waals surface area contributed by atoms with Gasteiger partial charge in [0.15, 0.2) is 0 Å². The Morgan fingerprint density at radius 1 is 1.30 bits per heavy atom. The minimum absolute atomic E-state index is 0.0763. The fourth-order valence-electron chi connectivity index (χ4n) is 2.79. The summed E-state index contributed by atoms with van der Waals surface area (Å²) in [6.45, 7) is 3.92. The molecule has 1 aliphatic heterocycles. The highest BCUT2D eigenvalue weighted by molar-refractivity contribution is 7.89. The number of nitrogens with two attached hydrogens (primary N) is 1. The van der Waals surface area contributed by atoms with E-state index in [2.05, 4.69) is 0 Å². The number of amides is 1. The van der Waals surface area contributed by atoms with E-state index in [1.54, 1.807) is 19.9 Å². The van der Waals surface area contributed by atoms with Crippen LogP contribution in [0.25, 0.3) is 0 Å². The van der Waals surface area contributed by atoms with Gasteiger partial charge in [0, 0.05) is 18.7 Å². The number of carboxylic acids is 1. The number of sulfonamides is 1. The number of hydrogen-bond acceptors (Lipinski definition) is 4. The Bertz CT molecular complexity index is 757. The van der Waals surface area contributed by atoms with Gasteiger partial charge >= 0.3 is 5.97 Å². The molecular weight excluding hydrogens is 320 g/mol. The lowest BCUT2D eigenvalue weighted by molar-refractivity contribution is -0.143. The second kappa shape index (κ2) is 6.29. The largest absolute Gasteiger partial charge is 0.481 e. The predicted octanol–water partition coefficient (Wildman–Crippen LogP) is 0.888. The molecule has 0 bridgehead atoms. The molecular formula is C15H20N2O5S. The predicted molar refractivity (Wildman–Crippen MR) is 83.6 cm³/mol. The maximum Gasteiger partial charge on any atom is 0.308 e. The van der Waals surface area contributed by atoms with Crippen molar-refractivity contribution in [3.05, 3.63) is 28.8 Å². The number of likely N-dealkylation sites (tertiary alicyclic amines) is 1. The van der Waals surface area contributed by atoms with Gasteiger partial charge in [0.2, 0.25) is 10.0 Å². The third-order valence-electron chi connectivity index (χ3n) is 4.23. The van der Waals surface area contributed by atoms with Crippen molar-refractivity contribution in [3.8, 4) is 0 Å². The first-order valence-electron chi connectivity index (χ1n) is 7.27. The van der Waals surface area contributed by atoms with E-state index >= 15 is 0 Å². The molecule has 1 aliphatic rings. The molecule has 1 amide bonds. The molecule has 126 valence electrons. The van der Waals surface area contributed by atoms with Crippen LogP contribution in [0.5, 0.6) is 0 Å². The van der Waals surface area contributed by atoms with Crippen molar-refractivity contribution in [1.82, 2.24) is 4.90 Å². The number of carboxylic acid groups (broad SMARTS) is 1. The molecule has 0 spiro atoms. The lowest BCUT2D eigenvalue weighted by Gasteiger charge is -2.31. The van der Waals surface area contributed by atoms with Gasteiger partial charge in [-0.15, -0.1) is 0 Å². The van der Waals surface area contributed by atoms with Gasteiger partial charge in [-0.1, -0.05) is 0 Å². The van der Waals surface area contributed by atoms with Crippen molar-refractivity contribution in [2.24, 2.45) is 11.1 Å². The molecule has 0 aromatic heterocycles. The minimum atomic E-state index is -3.93. The summed E-state index contributed by atoms with van der Waals surface area (Å²) in [7, 11) is -3.93. The summed E-state index contributed by atoms with van der Waals surface area (Å²) >= 11 is 0. The molecule has 0 unspecified atom stereocenters. The van der Waals surface area contributed by atoms with E-state index in [-0.39, 0.29) is 22.9 Å². The molecule has 2 rings (SSSR count). The molecule has 1 heterocycles. The van der Waals surface area contributed by atoms with Gasteiger partial charge in [0.1, 0.15) is 0 Å². The lowest BCUT2D eigenvalue weighted by atomic mass is 9.97. The monoisotopic (exact) mass is 340 g/mol. The number of aliphatic carboxylic acids is 1. The van der Waals surface area contributed by atoms with Crippen molar-refractivity contribution in [3.63, 3.8) is 0 Å². The van der Waals surface area contributed by atoms with Crippen molar-refractivity contribution in [1.29, 1.82) is 0 Å². The summed E-state index contributed by atoms with van der Waals surface area (Å²) < 4.78 is 23.3. The summed E-state index contributed by atoms with van der Waals surface area (Å²) in [6.07, 6.45) is 1.14. The molecule has 1 fully saturated rings. The van der Waals surface area contributed by atoms with Crippen LogP contribution in [0, 0.1) is 19.8 Å². The van der Waals surface area contributed by atoms with Crippen LogP contribution < -0.4 is 5.14 Å². The molecule has 1 aromatic rings. The second-order valence-corrected chi connectivity index (χ2v) is 7.42. The first-order valence-corrected chi connectivity index (χ1v) is 8.82. The third kappa shape index (κ3) is 3.70. The second-order valence-electron chi connectivity index (χ2n) is 5.89. The van der Waals surface area contributed by atoms with E-state index < -0.39 is 21.9 Å². The Balaban J connectivity index is 2.36.